The lowest BCUT2D eigenvalue weighted by Crippen LogP contribution is -2.11. The molecule has 0 saturated heterocycles. The summed E-state index contributed by atoms with van der Waals surface area (Å²) in [4.78, 5) is 43.8. The van der Waals surface area contributed by atoms with Gasteiger partial charge in [-0.15, -0.1) is 0 Å². The van der Waals surface area contributed by atoms with Gasteiger partial charge in [-0.1, -0.05) is 13.3 Å². The van der Waals surface area contributed by atoms with E-state index in [1.807, 2.05) is 6.92 Å². The number of ether oxygens (including phenoxy) is 4. The summed E-state index contributed by atoms with van der Waals surface area (Å²) in [6, 6.07) is 0. The molecular weight excluding hydrogens is 380 g/mol. The normalized spacial score (nSPS) is 10.8. The highest BCUT2D eigenvalue weighted by Gasteiger charge is 2.04. The second-order valence-corrected chi connectivity index (χ2v) is 6.64. The molecule has 0 N–H and O–H groups in total. The maximum Gasteiger partial charge on any atom is 0.331 e. The quantitative estimate of drug-likeness (QED) is 0.232. The summed E-state index contributed by atoms with van der Waals surface area (Å²) in [5.74, 6) is -2.12. The molecule has 0 unspecified atom stereocenters. The third-order valence-electron chi connectivity index (χ3n) is 2.51. The summed E-state index contributed by atoms with van der Waals surface area (Å²) in [5, 5.41) is 0. The number of carbonyl (C=O) groups is 4. The van der Waals surface area contributed by atoms with Crippen LogP contribution in [0.1, 0.15) is 61.3 Å². The summed E-state index contributed by atoms with van der Waals surface area (Å²) < 4.78 is 19.1. The molecule has 0 aliphatic carbocycles. The topological polar surface area (TPSA) is 105 Å². The van der Waals surface area contributed by atoms with Gasteiger partial charge in [0.15, 0.2) is 0 Å². The molecule has 0 aliphatic rings. The van der Waals surface area contributed by atoms with Crippen LogP contribution < -0.4 is 0 Å². The van der Waals surface area contributed by atoms with Crippen molar-refractivity contribution in [2.75, 3.05) is 6.61 Å². The average molecular weight is 414 g/mol. The van der Waals surface area contributed by atoms with Gasteiger partial charge in [0, 0.05) is 24.3 Å². The highest BCUT2D eigenvalue weighted by atomic mass is 16.6. The molecule has 0 aromatic heterocycles. The lowest BCUT2D eigenvalue weighted by Gasteiger charge is -2.05. The van der Waals surface area contributed by atoms with Gasteiger partial charge in [-0.2, -0.15) is 0 Å². The zero-order valence-corrected chi connectivity index (χ0v) is 18.4. The van der Waals surface area contributed by atoms with Gasteiger partial charge in [0.25, 0.3) is 0 Å². The van der Waals surface area contributed by atoms with Gasteiger partial charge in [0.05, 0.1) is 24.9 Å². The third kappa shape index (κ3) is 23.3. The molecular formula is C21H34O8. The number of hydrogen-bond donors (Lipinski definition) is 0. The van der Waals surface area contributed by atoms with E-state index in [9.17, 15) is 19.2 Å². The van der Waals surface area contributed by atoms with Gasteiger partial charge in [-0.3, -0.25) is 0 Å². The minimum Gasteiger partial charge on any atom is -0.463 e. The van der Waals surface area contributed by atoms with Crippen LogP contribution in [0, 0.1) is 0 Å². The van der Waals surface area contributed by atoms with E-state index in [4.69, 9.17) is 18.9 Å². The Morgan fingerprint density at radius 1 is 0.621 bits per heavy atom. The molecule has 0 amide bonds. The fourth-order valence-corrected chi connectivity index (χ4v) is 1.45. The molecule has 0 spiro atoms. The first kappa shape index (κ1) is 28.6. The van der Waals surface area contributed by atoms with E-state index in [1.54, 1.807) is 41.5 Å². The summed E-state index contributed by atoms with van der Waals surface area (Å²) in [6.07, 6.45) is 5.52. The van der Waals surface area contributed by atoms with E-state index in [-0.39, 0.29) is 18.3 Å². The van der Waals surface area contributed by atoms with Crippen LogP contribution in [0.2, 0.25) is 0 Å². The van der Waals surface area contributed by atoms with Crippen molar-refractivity contribution >= 4 is 23.9 Å². The van der Waals surface area contributed by atoms with Crippen molar-refractivity contribution in [1.82, 2.24) is 0 Å². The largest absolute Gasteiger partial charge is 0.463 e. The van der Waals surface area contributed by atoms with Crippen LogP contribution in [0.3, 0.4) is 0 Å². The maximum absolute atomic E-state index is 11.0. The van der Waals surface area contributed by atoms with Crippen LogP contribution in [0.15, 0.2) is 24.3 Å². The Balaban J connectivity index is 0. The van der Waals surface area contributed by atoms with Crippen molar-refractivity contribution in [3.63, 3.8) is 0 Å². The van der Waals surface area contributed by atoms with Gasteiger partial charge in [0.1, 0.15) is 0 Å². The minimum absolute atomic E-state index is 0.182. The predicted octanol–water partition coefficient (Wildman–Crippen LogP) is 3.28. The molecule has 0 heterocycles. The predicted molar refractivity (Wildman–Crippen MR) is 108 cm³/mol. The number of unbranched alkanes of at least 4 members (excludes halogenated alkanes) is 1. The SMILES string of the molecule is CC(C)OC(=O)/C=C/C(=O)OC(C)C.CCCCOC(=O)/C=C/C(=O)OC(C)C. The zero-order valence-electron chi connectivity index (χ0n) is 18.4. The molecule has 0 bridgehead atoms. The molecule has 0 atom stereocenters. The first-order chi connectivity index (χ1) is 13.5. The summed E-state index contributed by atoms with van der Waals surface area (Å²) >= 11 is 0. The maximum atomic E-state index is 11.0. The molecule has 8 nitrogen and oxygen atoms in total. The number of hydrogen-bond acceptors (Lipinski definition) is 8. The van der Waals surface area contributed by atoms with Crippen LogP contribution >= 0.6 is 0 Å². The molecule has 0 saturated carbocycles. The minimum atomic E-state index is -0.541. The van der Waals surface area contributed by atoms with Crippen molar-refractivity contribution in [3.05, 3.63) is 24.3 Å². The van der Waals surface area contributed by atoms with Gasteiger partial charge in [0.2, 0.25) is 0 Å². The van der Waals surface area contributed by atoms with Crippen LogP contribution in [0.4, 0.5) is 0 Å². The lowest BCUT2D eigenvalue weighted by molar-refractivity contribution is -0.144. The lowest BCUT2D eigenvalue weighted by atomic mass is 10.4. The number of carbonyl (C=O) groups excluding carboxylic acids is 4. The monoisotopic (exact) mass is 414 g/mol. The second kappa shape index (κ2) is 17.5. The molecule has 166 valence electrons. The van der Waals surface area contributed by atoms with Crippen molar-refractivity contribution in [2.45, 2.75) is 79.6 Å². The van der Waals surface area contributed by atoms with Crippen LogP contribution in [-0.4, -0.2) is 48.8 Å². The first-order valence-corrected chi connectivity index (χ1v) is 9.62. The Kier molecular flexibility index (Phi) is 17.2. The molecule has 8 heteroatoms. The van der Waals surface area contributed by atoms with E-state index >= 15 is 0 Å². The van der Waals surface area contributed by atoms with Crippen LogP contribution in [0.5, 0.6) is 0 Å². The number of esters is 4. The molecule has 0 aromatic carbocycles. The Hall–Kier alpha value is -2.64. The van der Waals surface area contributed by atoms with E-state index < -0.39 is 23.9 Å². The molecule has 29 heavy (non-hydrogen) atoms. The highest BCUT2D eigenvalue weighted by Crippen LogP contribution is 1.94. The Morgan fingerprint density at radius 3 is 1.21 bits per heavy atom. The van der Waals surface area contributed by atoms with Crippen molar-refractivity contribution < 1.29 is 38.1 Å². The fourth-order valence-electron chi connectivity index (χ4n) is 1.45. The summed E-state index contributed by atoms with van der Waals surface area (Å²) in [6.45, 7) is 12.8. The fraction of sp³-hybridized carbons (Fsp3) is 0.619. The second-order valence-electron chi connectivity index (χ2n) is 6.64. The van der Waals surface area contributed by atoms with Crippen molar-refractivity contribution in [3.8, 4) is 0 Å². The van der Waals surface area contributed by atoms with Gasteiger partial charge >= 0.3 is 23.9 Å². The molecule has 0 rings (SSSR count). The van der Waals surface area contributed by atoms with Gasteiger partial charge in [-0.25, -0.2) is 19.2 Å². The molecule has 0 radical (unpaired) electrons. The Labute approximate surface area is 173 Å². The standard InChI is InChI=1S/C11H18O4.C10H16O4/c1-4-5-8-14-10(12)6-7-11(13)15-9(2)3;1-7(2)13-9(11)5-6-10(12)14-8(3)4/h6-7,9H,4-5,8H2,1-3H3;5-8H,1-4H3/b7-6+;6-5+. The van der Waals surface area contributed by atoms with Crippen LogP contribution in [-0.2, 0) is 38.1 Å². The smallest absolute Gasteiger partial charge is 0.331 e. The molecule has 0 fully saturated rings. The Bertz CT molecular complexity index is 535. The average Bonchev–Trinajstić information content (AvgIpc) is 2.57. The van der Waals surface area contributed by atoms with Gasteiger partial charge in [-0.05, 0) is 48.0 Å². The van der Waals surface area contributed by atoms with Crippen molar-refractivity contribution in [1.29, 1.82) is 0 Å². The highest BCUT2D eigenvalue weighted by molar-refractivity contribution is 5.92. The van der Waals surface area contributed by atoms with Gasteiger partial charge < -0.3 is 18.9 Å². The number of rotatable bonds is 10. The molecule has 0 aliphatic heterocycles. The summed E-state index contributed by atoms with van der Waals surface area (Å²) in [7, 11) is 0. The zero-order chi connectivity index (χ0) is 22.8. The van der Waals surface area contributed by atoms with Crippen molar-refractivity contribution in [2.24, 2.45) is 0 Å². The van der Waals surface area contributed by atoms with E-state index in [0.29, 0.717) is 6.61 Å². The first-order valence-electron chi connectivity index (χ1n) is 9.62. The van der Waals surface area contributed by atoms with Crippen LogP contribution in [0.25, 0.3) is 0 Å². The van der Waals surface area contributed by atoms with E-state index in [0.717, 1.165) is 37.1 Å². The van der Waals surface area contributed by atoms with E-state index in [2.05, 4.69) is 0 Å². The Morgan fingerprint density at radius 2 is 0.931 bits per heavy atom. The van der Waals surface area contributed by atoms with E-state index in [1.165, 1.54) is 0 Å². The third-order valence-corrected chi connectivity index (χ3v) is 2.51. The molecule has 0 aromatic rings. The summed E-state index contributed by atoms with van der Waals surface area (Å²) in [5.41, 5.74) is 0.